The summed E-state index contributed by atoms with van der Waals surface area (Å²) in [4.78, 5) is 25.2. The molecule has 1 N–H and O–H groups in total. The highest BCUT2D eigenvalue weighted by Crippen LogP contribution is 2.39. The molecule has 0 fully saturated rings. The van der Waals surface area contributed by atoms with Gasteiger partial charge in [-0.1, -0.05) is 13.8 Å². The third-order valence-corrected chi connectivity index (χ3v) is 4.25. The number of fused-ring (bicyclic) bond motifs is 1. The van der Waals surface area contributed by atoms with Gasteiger partial charge in [0.2, 0.25) is 0 Å². The van der Waals surface area contributed by atoms with Crippen molar-refractivity contribution in [1.82, 2.24) is 4.90 Å². The van der Waals surface area contributed by atoms with Gasteiger partial charge in [0.05, 0.1) is 10.9 Å². The zero-order valence-corrected chi connectivity index (χ0v) is 10.7. The Balaban J connectivity index is 2.44. The van der Waals surface area contributed by atoms with Crippen molar-refractivity contribution in [3.8, 4) is 0 Å². The highest BCUT2D eigenvalue weighted by molar-refractivity contribution is 7.13. The van der Waals surface area contributed by atoms with Crippen LogP contribution in [0.3, 0.4) is 0 Å². The van der Waals surface area contributed by atoms with Crippen LogP contribution in [0, 0.1) is 5.92 Å². The lowest BCUT2D eigenvalue weighted by atomic mass is 9.93. The van der Waals surface area contributed by atoms with E-state index in [4.69, 9.17) is 0 Å². The van der Waals surface area contributed by atoms with Gasteiger partial charge in [0.15, 0.2) is 6.29 Å². The van der Waals surface area contributed by atoms with Crippen LogP contribution in [-0.4, -0.2) is 28.9 Å². The Morgan fingerprint density at radius 3 is 2.88 bits per heavy atom. The fraction of sp³-hybridized carbons (Fsp3) is 0.500. The molecule has 17 heavy (non-hydrogen) atoms. The van der Waals surface area contributed by atoms with Gasteiger partial charge >= 0.3 is 6.09 Å². The second-order valence-corrected chi connectivity index (χ2v) is 5.69. The molecule has 0 spiro atoms. The van der Waals surface area contributed by atoms with Crippen LogP contribution in [0.4, 0.5) is 4.79 Å². The van der Waals surface area contributed by atoms with Crippen molar-refractivity contribution in [3.05, 3.63) is 21.4 Å². The Labute approximate surface area is 104 Å². The van der Waals surface area contributed by atoms with Crippen molar-refractivity contribution in [2.45, 2.75) is 26.3 Å². The molecule has 0 saturated heterocycles. The molecule has 1 atom stereocenters. The molecule has 1 aromatic rings. The van der Waals surface area contributed by atoms with Gasteiger partial charge in [-0.15, -0.1) is 11.3 Å². The Kier molecular flexibility index (Phi) is 3.19. The molecule has 0 aliphatic carbocycles. The van der Waals surface area contributed by atoms with E-state index in [0.29, 0.717) is 17.8 Å². The first-order valence-electron chi connectivity index (χ1n) is 5.62. The highest BCUT2D eigenvalue weighted by atomic mass is 32.1. The van der Waals surface area contributed by atoms with E-state index in [2.05, 4.69) is 0 Å². The molecule has 1 unspecified atom stereocenters. The average Bonchev–Trinajstić information content (AvgIpc) is 2.69. The first kappa shape index (κ1) is 12.1. The summed E-state index contributed by atoms with van der Waals surface area (Å²) in [5.41, 5.74) is 1.13. The van der Waals surface area contributed by atoms with Crippen LogP contribution in [0.1, 0.15) is 40.0 Å². The SMILES string of the molecule is CC(C)C1c2sc(C=O)cc2CCN1C(=O)O. The van der Waals surface area contributed by atoms with Crippen LogP contribution in [0.2, 0.25) is 0 Å². The van der Waals surface area contributed by atoms with E-state index in [1.54, 1.807) is 0 Å². The van der Waals surface area contributed by atoms with Gasteiger partial charge in [-0.2, -0.15) is 0 Å². The van der Waals surface area contributed by atoms with E-state index in [1.807, 2.05) is 19.9 Å². The number of hydrogen-bond acceptors (Lipinski definition) is 3. The number of rotatable bonds is 2. The van der Waals surface area contributed by atoms with Crippen LogP contribution < -0.4 is 0 Å². The average molecular weight is 253 g/mol. The molecule has 92 valence electrons. The van der Waals surface area contributed by atoms with Crippen molar-refractivity contribution in [3.63, 3.8) is 0 Å². The summed E-state index contributed by atoms with van der Waals surface area (Å²) in [5.74, 6) is 0.211. The number of nitrogens with zero attached hydrogens (tertiary/aromatic N) is 1. The van der Waals surface area contributed by atoms with Crippen LogP contribution in [0.15, 0.2) is 6.07 Å². The summed E-state index contributed by atoms with van der Waals surface area (Å²) in [6, 6.07) is 1.77. The van der Waals surface area contributed by atoms with Crippen LogP contribution in [0.25, 0.3) is 0 Å². The summed E-state index contributed by atoms with van der Waals surface area (Å²) in [6.07, 6.45) is 0.663. The zero-order valence-electron chi connectivity index (χ0n) is 9.84. The minimum atomic E-state index is -0.879. The molecular formula is C12H15NO3S. The number of amides is 1. The van der Waals surface area contributed by atoms with Crippen LogP contribution in [0.5, 0.6) is 0 Å². The standard InChI is InChI=1S/C12H15NO3S/c1-7(2)10-11-8(5-9(6-14)17-11)3-4-13(10)12(15)16/h5-7,10H,3-4H2,1-2H3,(H,15,16). The molecule has 0 saturated carbocycles. The van der Waals surface area contributed by atoms with Crippen molar-refractivity contribution in [1.29, 1.82) is 0 Å². The molecule has 4 nitrogen and oxygen atoms in total. The fourth-order valence-electron chi connectivity index (χ4n) is 2.37. The fourth-order valence-corrected chi connectivity index (χ4v) is 3.68. The number of carbonyl (C=O) groups excluding carboxylic acids is 1. The van der Waals surface area contributed by atoms with Gasteiger partial charge in [0, 0.05) is 11.4 Å². The maximum atomic E-state index is 11.2. The molecule has 0 aromatic carbocycles. The van der Waals surface area contributed by atoms with Crippen molar-refractivity contribution < 1.29 is 14.7 Å². The minimum Gasteiger partial charge on any atom is -0.465 e. The molecular weight excluding hydrogens is 238 g/mol. The lowest BCUT2D eigenvalue weighted by Gasteiger charge is -2.36. The van der Waals surface area contributed by atoms with Crippen LogP contribution >= 0.6 is 11.3 Å². The number of hydrogen-bond donors (Lipinski definition) is 1. The number of thiophene rings is 1. The third kappa shape index (κ3) is 2.07. The Bertz CT molecular complexity index is 453. The largest absolute Gasteiger partial charge is 0.465 e. The van der Waals surface area contributed by atoms with E-state index in [9.17, 15) is 14.7 Å². The topological polar surface area (TPSA) is 57.6 Å². The Morgan fingerprint density at radius 2 is 2.35 bits per heavy atom. The summed E-state index contributed by atoms with van der Waals surface area (Å²) in [6.45, 7) is 4.53. The molecule has 2 rings (SSSR count). The predicted molar refractivity (Wildman–Crippen MR) is 65.7 cm³/mol. The number of aldehydes is 1. The quantitative estimate of drug-likeness (QED) is 0.824. The predicted octanol–water partition coefficient (Wildman–Crippen LogP) is 2.79. The molecule has 0 radical (unpaired) electrons. The third-order valence-electron chi connectivity index (χ3n) is 3.08. The summed E-state index contributed by atoms with van der Waals surface area (Å²) in [7, 11) is 0. The Hall–Kier alpha value is -1.36. The second-order valence-electron chi connectivity index (χ2n) is 4.57. The monoisotopic (exact) mass is 253 g/mol. The smallest absolute Gasteiger partial charge is 0.407 e. The normalized spacial score (nSPS) is 19.2. The molecule has 1 amide bonds. The van der Waals surface area contributed by atoms with E-state index in [-0.39, 0.29) is 12.0 Å². The molecule has 2 heterocycles. The summed E-state index contributed by atoms with van der Waals surface area (Å²) < 4.78 is 0. The van der Waals surface area contributed by atoms with Crippen molar-refractivity contribution >= 4 is 23.7 Å². The molecule has 1 aliphatic rings. The number of carbonyl (C=O) groups is 2. The van der Waals surface area contributed by atoms with E-state index in [1.165, 1.54) is 16.2 Å². The zero-order chi connectivity index (χ0) is 12.6. The first-order chi connectivity index (χ1) is 8.04. The van der Waals surface area contributed by atoms with Gasteiger partial charge in [-0.3, -0.25) is 9.69 Å². The maximum absolute atomic E-state index is 11.2. The first-order valence-corrected chi connectivity index (χ1v) is 6.43. The summed E-state index contributed by atoms with van der Waals surface area (Å²) in [5, 5.41) is 9.21. The minimum absolute atomic E-state index is 0.116. The van der Waals surface area contributed by atoms with Gasteiger partial charge in [-0.05, 0) is 24.0 Å². The Morgan fingerprint density at radius 1 is 1.65 bits per heavy atom. The lowest BCUT2D eigenvalue weighted by Crippen LogP contribution is -2.40. The van der Waals surface area contributed by atoms with Gasteiger partial charge in [0.25, 0.3) is 0 Å². The van der Waals surface area contributed by atoms with Gasteiger partial charge in [0.1, 0.15) is 0 Å². The van der Waals surface area contributed by atoms with Gasteiger partial charge < -0.3 is 5.11 Å². The second kappa shape index (κ2) is 4.49. The van der Waals surface area contributed by atoms with Crippen LogP contribution in [-0.2, 0) is 6.42 Å². The van der Waals surface area contributed by atoms with Gasteiger partial charge in [-0.25, -0.2) is 4.79 Å². The highest BCUT2D eigenvalue weighted by Gasteiger charge is 2.34. The maximum Gasteiger partial charge on any atom is 0.407 e. The molecule has 1 aliphatic heterocycles. The summed E-state index contributed by atoms with van der Waals surface area (Å²) >= 11 is 1.42. The van der Waals surface area contributed by atoms with E-state index < -0.39 is 6.09 Å². The molecule has 0 bridgehead atoms. The molecule has 1 aromatic heterocycles. The van der Waals surface area contributed by atoms with Crippen molar-refractivity contribution in [2.24, 2.45) is 5.92 Å². The molecule has 5 heteroatoms. The van der Waals surface area contributed by atoms with Crippen molar-refractivity contribution in [2.75, 3.05) is 6.54 Å². The van der Waals surface area contributed by atoms with E-state index >= 15 is 0 Å². The van der Waals surface area contributed by atoms with E-state index in [0.717, 1.165) is 16.7 Å². The number of carboxylic acid groups (broad SMARTS) is 1. The lowest BCUT2D eigenvalue weighted by molar-refractivity contribution is 0.106.